The Hall–Kier alpha value is -1.83. The van der Waals surface area contributed by atoms with E-state index in [0.717, 1.165) is 18.2 Å². The molecule has 2 N–H and O–H groups in total. The van der Waals surface area contributed by atoms with Crippen molar-refractivity contribution in [1.29, 1.82) is 5.26 Å². The number of nitrogens with two attached hydrogens (primary N) is 1. The first-order valence-corrected chi connectivity index (χ1v) is 7.01. The minimum Gasteiger partial charge on any atom is -0.384 e. The summed E-state index contributed by atoms with van der Waals surface area (Å²) < 4.78 is 0. The summed E-state index contributed by atoms with van der Waals surface area (Å²) in [5, 5.41) is 8.80. The SMILES string of the molecule is CC(C)CN(CCC#N)c1cc(N)nc(C(C)(C)C)n1. The zero-order chi connectivity index (χ0) is 15.3. The van der Waals surface area contributed by atoms with Crippen LogP contribution < -0.4 is 10.6 Å². The average Bonchev–Trinajstić information content (AvgIpc) is 2.32. The van der Waals surface area contributed by atoms with Crippen LogP contribution in [0, 0.1) is 17.2 Å². The van der Waals surface area contributed by atoms with Gasteiger partial charge in [-0.05, 0) is 5.92 Å². The second-order valence-electron chi connectivity index (χ2n) is 6.47. The summed E-state index contributed by atoms with van der Waals surface area (Å²) in [6.07, 6.45) is 0.474. The fourth-order valence-corrected chi connectivity index (χ4v) is 1.88. The van der Waals surface area contributed by atoms with Crippen LogP contribution in [-0.2, 0) is 5.41 Å². The van der Waals surface area contributed by atoms with Gasteiger partial charge in [0.25, 0.3) is 0 Å². The van der Waals surface area contributed by atoms with Gasteiger partial charge < -0.3 is 10.6 Å². The summed E-state index contributed by atoms with van der Waals surface area (Å²) in [6.45, 7) is 12.0. The Labute approximate surface area is 121 Å². The maximum absolute atomic E-state index is 8.80. The Balaban J connectivity index is 3.12. The van der Waals surface area contributed by atoms with Crippen molar-refractivity contribution >= 4 is 11.6 Å². The third-order valence-electron chi connectivity index (χ3n) is 2.81. The van der Waals surface area contributed by atoms with E-state index in [1.807, 2.05) is 0 Å². The molecular weight excluding hydrogens is 250 g/mol. The average molecular weight is 275 g/mol. The third kappa shape index (κ3) is 4.69. The Morgan fingerprint density at radius 2 is 2.00 bits per heavy atom. The molecule has 20 heavy (non-hydrogen) atoms. The highest BCUT2D eigenvalue weighted by Crippen LogP contribution is 2.23. The molecule has 0 amide bonds. The van der Waals surface area contributed by atoms with Crippen molar-refractivity contribution in [2.24, 2.45) is 5.92 Å². The van der Waals surface area contributed by atoms with Gasteiger partial charge in [-0.2, -0.15) is 5.26 Å². The first-order valence-electron chi connectivity index (χ1n) is 7.01. The molecule has 0 radical (unpaired) electrons. The molecule has 1 aromatic heterocycles. The standard InChI is InChI=1S/C15H25N5/c1-11(2)10-20(8-6-7-16)13-9-12(17)18-14(19-13)15(3,4)5/h9,11H,6,8,10H2,1-5H3,(H2,17,18,19). The van der Waals surface area contributed by atoms with Crippen molar-refractivity contribution in [2.45, 2.75) is 46.5 Å². The van der Waals surface area contributed by atoms with Crippen LogP contribution in [0.3, 0.4) is 0 Å². The van der Waals surface area contributed by atoms with Crippen LogP contribution in [0.5, 0.6) is 0 Å². The molecule has 5 heteroatoms. The van der Waals surface area contributed by atoms with Crippen LogP contribution in [0.25, 0.3) is 0 Å². The molecule has 0 unspecified atom stereocenters. The molecule has 0 atom stereocenters. The number of nitriles is 1. The van der Waals surface area contributed by atoms with Gasteiger partial charge in [0.2, 0.25) is 0 Å². The number of nitrogens with zero attached hydrogens (tertiary/aromatic N) is 4. The van der Waals surface area contributed by atoms with E-state index < -0.39 is 0 Å². The first-order chi connectivity index (χ1) is 9.24. The van der Waals surface area contributed by atoms with Crippen LogP contribution >= 0.6 is 0 Å². The molecule has 0 saturated heterocycles. The molecule has 110 valence electrons. The van der Waals surface area contributed by atoms with Crippen molar-refractivity contribution < 1.29 is 0 Å². The number of nitrogen functional groups attached to an aromatic ring is 1. The highest BCUT2D eigenvalue weighted by atomic mass is 15.2. The smallest absolute Gasteiger partial charge is 0.138 e. The lowest BCUT2D eigenvalue weighted by Crippen LogP contribution is -2.30. The van der Waals surface area contributed by atoms with Gasteiger partial charge in [0, 0.05) is 24.6 Å². The van der Waals surface area contributed by atoms with E-state index in [2.05, 4.69) is 55.6 Å². The number of rotatable bonds is 5. The summed E-state index contributed by atoms with van der Waals surface area (Å²) >= 11 is 0. The normalized spacial score (nSPS) is 11.4. The summed E-state index contributed by atoms with van der Waals surface area (Å²) in [4.78, 5) is 11.1. The van der Waals surface area contributed by atoms with Crippen molar-refractivity contribution in [3.8, 4) is 6.07 Å². The molecule has 1 aromatic rings. The van der Waals surface area contributed by atoms with Crippen LogP contribution in [0.15, 0.2) is 6.07 Å². The molecule has 1 rings (SSSR count). The van der Waals surface area contributed by atoms with Gasteiger partial charge in [-0.3, -0.25) is 0 Å². The first kappa shape index (κ1) is 16.2. The summed E-state index contributed by atoms with van der Waals surface area (Å²) in [7, 11) is 0. The Morgan fingerprint density at radius 1 is 1.35 bits per heavy atom. The van der Waals surface area contributed by atoms with Gasteiger partial charge in [-0.25, -0.2) is 9.97 Å². The molecule has 0 aliphatic heterocycles. The fourth-order valence-electron chi connectivity index (χ4n) is 1.88. The number of anilines is 2. The third-order valence-corrected chi connectivity index (χ3v) is 2.81. The monoisotopic (exact) mass is 275 g/mol. The van der Waals surface area contributed by atoms with Gasteiger partial charge in [0.05, 0.1) is 12.5 Å². The van der Waals surface area contributed by atoms with E-state index >= 15 is 0 Å². The molecule has 1 heterocycles. The second kappa shape index (κ2) is 6.56. The predicted molar refractivity (Wildman–Crippen MR) is 82.4 cm³/mol. The van der Waals surface area contributed by atoms with Gasteiger partial charge in [-0.1, -0.05) is 34.6 Å². The van der Waals surface area contributed by atoms with Crippen LogP contribution in [0.1, 0.15) is 46.9 Å². The van der Waals surface area contributed by atoms with E-state index in [1.54, 1.807) is 6.07 Å². The molecule has 0 fully saturated rings. The van der Waals surface area contributed by atoms with E-state index in [4.69, 9.17) is 11.0 Å². The molecule has 0 spiro atoms. The van der Waals surface area contributed by atoms with Gasteiger partial charge in [0.15, 0.2) is 0 Å². The summed E-state index contributed by atoms with van der Waals surface area (Å²) in [5.74, 6) is 2.51. The van der Waals surface area contributed by atoms with Crippen molar-refractivity contribution in [1.82, 2.24) is 9.97 Å². The minimum atomic E-state index is -0.150. The van der Waals surface area contributed by atoms with Crippen molar-refractivity contribution in [3.05, 3.63) is 11.9 Å². The highest BCUT2D eigenvalue weighted by Gasteiger charge is 2.20. The van der Waals surface area contributed by atoms with Crippen LogP contribution in [0.4, 0.5) is 11.6 Å². The van der Waals surface area contributed by atoms with Crippen molar-refractivity contribution in [2.75, 3.05) is 23.7 Å². The molecule has 0 aromatic carbocycles. The zero-order valence-corrected chi connectivity index (χ0v) is 13.1. The number of hydrogen-bond donors (Lipinski definition) is 1. The molecule has 0 aliphatic rings. The maximum atomic E-state index is 8.80. The largest absolute Gasteiger partial charge is 0.384 e. The quantitative estimate of drug-likeness (QED) is 0.893. The lowest BCUT2D eigenvalue weighted by molar-refractivity contribution is 0.541. The molecular formula is C15H25N5. The highest BCUT2D eigenvalue weighted by molar-refractivity contribution is 5.47. The maximum Gasteiger partial charge on any atom is 0.138 e. The van der Waals surface area contributed by atoms with E-state index in [1.165, 1.54) is 0 Å². The van der Waals surface area contributed by atoms with E-state index in [0.29, 0.717) is 24.7 Å². The number of aromatic nitrogens is 2. The minimum absolute atomic E-state index is 0.150. The summed E-state index contributed by atoms with van der Waals surface area (Å²) in [6, 6.07) is 3.97. The Morgan fingerprint density at radius 3 is 2.50 bits per heavy atom. The van der Waals surface area contributed by atoms with E-state index in [-0.39, 0.29) is 5.41 Å². The van der Waals surface area contributed by atoms with Crippen molar-refractivity contribution in [3.63, 3.8) is 0 Å². The lowest BCUT2D eigenvalue weighted by Gasteiger charge is -2.26. The summed E-state index contributed by atoms with van der Waals surface area (Å²) in [5.41, 5.74) is 5.76. The Kier molecular flexibility index (Phi) is 5.32. The van der Waals surface area contributed by atoms with Gasteiger partial charge >= 0.3 is 0 Å². The molecule has 0 saturated carbocycles. The molecule has 0 aliphatic carbocycles. The van der Waals surface area contributed by atoms with Crippen LogP contribution in [-0.4, -0.2) is 23.1 Å². The molecule has 5 nitrogen and oxygen atoms in total. The molecule has 0 bridgehead atoms. The topological polar surface area (TPSA) is 78.8 Å². The van der Waals surface area contributed by atoms with Gasteiger partial charge in [-0.15, -0.1) is 0 Å². The van der Waals surface area contributed by atoms with E-state index in [9.17, 15) is 0 Å². The predicted octanol–water partition coefficient (Wildman–Crippen LogP) is 2.73. The Bertz CT molecular complexity index is 482. The fraction of sp³-hybridized carbons (Fsp3) is 0.667. The second-order valence-corrected chi connectivity index (χ2v) is 6.47. The van der Waals surface area contributed by atoms with Gasteiger partial charge in [0.1, 0.15) is 17.5 Å². The lowest BCUT2D eigenvalue weighted by atomic mass is 9.96. The van der Waals surface area contributed by atoms with Crippen LogP contribution in [0.2, 0.25) is 0 Å². The zero-order valence-electron chi connectivity index (χ0n) is 13.1. The number of hydrogen-bond acceptors (Lipinski definition) is 5.